The lowest BCUT2D eigenvalue weighted by Gasteiger charge is -2.32. The first kappa shape index (κ1) is 15.0. The molecule has 2 heterocycles. The van der Waals surface area contributed by atoms with E-state index in [9.17, 15) is 4.79 Å². The van der Waals surface area contributed by atoms with Gasteiger partial charge in [0.25, 0.3) is 0 Å². The first-order valence-corrected chi connectivity index (χ1v) is 6.75. The van der Waals surface area contributed by atoms with E-state index in [4.69, 9.17) is 9.31 Å². The molecule has 1 saturated heterocycles. The normalized spacial score (nSPS) is 19.9. The SMILES string of the molecule is CC(=O)NCc1cncc(B2OC(C)(C)C(C)(C)O2)c1. The first-order chi connectivity index (χ1) is 9.21. The number of carbonyl (C=O) groups excluding carboxylic acids is 1. The molecular weight excluding hydrogens is 255 g/mol. The van der Waals surface area contributed by atoms with Crippen LogP contribution in [0.4, 0.5) is 0 Å². The third-order valence-corrected chi connectivity index (χ3v) is 3.88. The fraction of sp³-hybridized carbons (Fsp3) is 0.571. The van der Waals surface area contributed by atoms with Crippen LogP contribution in [0.2, 0.25) is 0 Å². The Morgan fingerprint density at radius 1 is 1.25 bits per heavy atom. The van der Waals surface area contributed by atoms with Gasteiger partial charge >= 0.3 is 7.12 Å². The van der Waals surface area contributed by atoms with Crippen LogP contribution < -0.4 is 10.8 Å². The van der Waals surface area contributed by atoms with Crippen LogP contribution in [0, 0.1) is 0 Å². The summed E-state index contributed by atoms with van der Waals surface area (Å²) in [6.07, 6.45) is 3.46. The fourth-order valence-corrected chi connectivity index (χ4v) is 1.94. The van der Waals surface area contributed by atoms with Crippen LogP contribution in [0.1, 0.15) is 40.2 Å². The van der Waals surface area contributed by atoms with Crippen LogP contribution in [0.25, 0.3) is 0 Å². The minimum absolute atomic E-state index is 0.0639. The highest BCUT2D eigenvalue weighted by Gasteiger charge is 2.51. The van der Waals surface area contributed by atoms with Crippen molar-refractivity contribution in [3.63, 3.8) is 0 Å². The molecule has 5 nitrogen and oxygen atoms in total. The monoisotopic (exact) mass is 276 g/mol. The van der Waals surface area contributed by atoms with Crippen molar-refractivity contribution >= 4 is 18.5 Å². The lowest BCUT2D eigenvalue weighted by molar-refractivity contribution is -0.119. The highest BCUT2D eigenvalue weighted by molar-refractivity contribution is 6.62. The molecule has 20 heavy (non-hydrogen) atoms. The van der Waals surface area contributed by atoms with Crippen molar-refractivity contribution in [3.05, 3.63) is 24.0 Å². The average Bonchev–Trinajstić information content (AvgIpc) is 2.56. The maximum absolute atomic E-state index is 10.9. The maximum atomic E-state index is 10.9. The number of rotatable bonds is 3. The summed E-state index contributed by atoms with van der Waals surface area (Å²) in [5.74, 6) is -0.0639. The van der Waals surface area contributed by atoms with E-state index in [0.717, 1.165) is 11.0 Å². The van der Waals surface area contributed by atoms with Crippen molar-refractivity contribution in [1.29, 1.82) is 0 Å². The van der Waals surface area contributed by atoms with E-state index in [2.05, 4.69) is 10.3 Å². The topological polar surface area (TPSA) is 60.5 Å². The second kappa shape index (κ2) is 5.18. The molecular formula is C14H21BN2O3. The number of pyridine rings is 1. The van der Waals surface area contributed by atoms with Gasteiger partial charge < -0.3 is 14.6 Å². The molecule has 1 aromatic heterocycles. The lowest BCUT2D eigenvalue weighted by Crippen LogP contribution is -2.41. The molecule has 1 aromatic rings. The molecule has 1 aliphatic heterocycles. The summed E-state index contributed by atoms with van der Waals surface area (Å²) in [7, 11) is -0.426. The zero-order chi connectivity index (χ0) is 15.0. The average molecular weight is 276 g/mol. The lowest BCUT2D eigenvalue weighted by atomic mass is 9.80. The molecule has 1 N–H and O–H groups in total. The first-order valence-electron chi connectivity index (χ1n) is 6.75. The van der Waals surface area contributed by atoms with Gasteiger partial charge in [0.15, 0.2) is 0 Å². The molecule has 6 heteroatoms. The van der Waals surface area contributed by atoms with E-state index >= 15 is 0 Å². The number of nitrogens with one attached hydrogen (secondary N) is 1. The van der Waals surface area contributed by atoms with Gasteiger partial charge in [0.1, 0.15) is 0 Å². The summed E-state index contributed by atoms with van der Waals surface area (Å²) in [4.78, 5) is 15.1. The quantitative estimate of drug-likeness (QED) is 0.837. The predicted octanol–water partition coefficient (Wildman–Crippen LogP) is 1.02. The number of amides is 1. The van der Waals surface area contributed by atoms with E-state index in [1.54, 1.807) is 12.4 Å². The van der Waals surface area contributed by atoms with Gasteiger partial charge in [-0.1, -0.05) is 6.07 Å². The molecule has 0 bridgehead atoms. The van der Waals surface area contributed by atoms with Crippen molar-refractivity contribution in [2.24, 2.45) is 0 Å². The van der Waals surface area contributed by atoms with Gasteiger partial charge in [0, 0.05) is 31.3 Å². The second-order valence-corrected chi connectivity index (χ2v) is 6.12. The van der Waals surface area contributed by atoms with E-state index < -0.39 is 7.12 Å². The Hall–Kier alpha value is -1.40. The molecule has 0 aromatic carbocycles. The highest BCUT2D eigenvalue weighted by Crippen LogP contribution is 2.36. The molecule has 108 valence electrons. The Morgan fingerprint density at radius 3 is 2.40 bits per heavy atom. The zero-order valence-corrected chi connectivity index (χ0v) is 12.7. The van der Waals surface area contributed by atoms with Crippen LogP contribution in [0.3, 0.4) is 0 Å². The van der Waals surface area contributed by atoms with Crippen LogP contribution in [-0.2, 0) is 20.6 Å². The standard InChI is InChI=1S/C14H21BN2O3/c1-10(18)17-8-11-6-12(9-16-7-11)15-19-13(2,3)14(4,5)20-15/h6-7,9H,8H2,1-5H3,(H,17,18). The Kier molecular flexibility index (Phi) is 3.89. The predicted molar refractivity (Wildman–Crippen MR) is 77.5 cm³/mol. The van der Waals surface area contributed by atoms with Gasteiger partial charge in [-0.25, -0.2) is 0 Å². The van der Waals surface area contributed by atoms with Crippen molar-refractivity contribution in [2.45, 2.75) is 52.4 Å². The Balaban J connectivity index is 2.14. The third kappa shape index (κ3) is 3.02. The summed E-state index contributed by atoms with van der Waals surface area (Å²) in [6.45, 7) is 10.0. The molecule has 0 radical (unpaired) electrons. The van der Waals surface area contributed by atoms with Crippen LogP contribution >= 0.6 is 0 Å². The van der Waals surface area contributed by atoms with Gasteiger partial charge in [-0.05, 0) is 33.3 Å². The smallest absolute Gasteiger partial charge is 0.399 e. The second-order valence-electron chi connectivity index (χ2n) is 6.12. The van der Waals surface area contributed by atoms with Gasteiger partial charge in [-0.3, -0.25) is 9.78 Å². The molecule has 0 aliphatic carbocycles. The Morgan fingerprint density at radius 2 is 1.85 bits per heavy atom. The number of hydrogen-bond donors (Lipinski definition) is 1. The number of hydrogen-bond acceptors (Lipinski definition) is 4. The fourth-order valence-electron chi connectivity index (χ4n) is 1.94. The number of carbonyl (C=O) groups is 1. The van der Waals surface area contributed by atoms with Crippen LogP contribution in [0.5, 0.6) is 0 Å². The molecule has 0 atom stereocenters. The van der Waals surface area contributed by atoms with E-state index in [1.165, 1.54) is 6.92 Å². The van der Waals surface area contributed by atoms with Crippen LogP contribution in [-0.4, -0.2) is 29.2 Å². The Labute approximate surface area is 120 Å². The molecule has 0 spiro atoms. The summed E-state index contributed by atoms with van der Waals surface area (Å²) >= 11 is 0. The highest BCUT2D eigenvalue weighted by atomic mass is 16.7. The summed E-state index contributed by atoms with van der Waals surface area (Å²) in [5, 5.41) is 2.75. The summed E-state index contributed by atoms with van der Waals surface area (Å²) < 4.78 is 12.0. The van der Waals surface area contributed by atoms with Crippen molar-refractivity contribution in [1.82, 2.24) is 10.3 Å². The van der Waals surface area contributed by atoms with Crippen LogP contribution in [0.15, 0.2) is 18.5 Å². The minimum Gasteiger partial charge on any atom is -0.399 e. The molecule has 2 rings (SSSR count). The van der Waals surface area contributed by atoms with E-state index in [0.29, 0.717) is 6.54 Å². The number of aromatic nitrogens is 1. The van der Waals surface area contributed by atoms with Gasteiger partial charge in [-0.2, -0.15) is 0 Å². The summed E-state index contributed by atoms with van der Waals surface area (Å²) in [5.41, 5.74) is 1.05. The van der Waals surface area contributed by atoms with E-state index in [-0.39, 0.29) is 17.1 Å². The minimum atomic E-state index is -0.426. The van der Waals surface area contributed by atoms with Crippen molar-refractivity contribution in [3.8, 4) is 0 Å². The molecule has 1 amide bonds. The van der Waals surface area contributed by atoms with Crippen molar-refractivity contribution in [2.75, 3.05) is 0 Å². The molecule has 0 saturated carbocycles. The maximum Gasteiger partial charge on any atom is 0.496 e. The number of nitrogens with zero attached hydrogens (tertiary/aromatic N) is 1. The zero-order valence-electron chi connectivity index (χ0n) is 12.7. The molecule has 1 aliphatic rings. The summed E-state index contributed by atoms with van der Waals surface area (Å²) in [6, 6.07) is 1.95. The van der Waals surface area contributed by atoms with Gasteiger partial charge in [-0.15, -0.1) is 0 Å². The van der Waals surface area contributed by atoms with Crippen molar-refractivity contribution < 1.29 is 14.1 Å². The molecule has 1 fully saturated rings. The largest absolute Gasteiger partial charge is 0.496 e. The van der Waals surface area contributed by atoms with Gasteiger partial charge in [0.05, 0.1) is 11.2 Å². The molecule has 0 unspecified atom stereocenters. The third-order valence-electron chi connectivity index (χ3n) is 3.88. The van der Waals surface area contributed by atoms with E-state index in [1.807, 2.05) is 33.8 Å². The van der Waals surface area contributed by atoms with Gasteiger partial charge in [0.2, 0.25) is 5.91 Å². The Bertz CT molecular complexity index is 501.